The van der Waals surface area contributed by atoms with E-state index in [9.17, 15) is 13.6 Å². The van der Waals surface area contributed by atoms with E-state index in [-0.39, 0.29) is 5.56 Å². The second-order valence-electron chi connectivity index (χ2n) is 5.67. The molecule has 0 amide bonds. The lowest BCUT2D eigenvalue weighted by Gasteiger charge is -2.12. The van der Waals surface area contributed by atoms with Crippen LogP contribution >= 0.6 is 23.4 Å². The van der Waals surface area contributed by atoms with Gasteiger partial charge in [-0.2, -0.15) is 0 Å². The summed E-state index contributed by atoms with van der Waals surface area (Å²) in [5, 5.41) is 8.33. The summed E-state index contributed by atoms with van der Waals surface area (Å²) in [5.41, 5.74) is 1.53. The fourth-order valence-electron chi connectivity index (χ4n) is 2.33. The van der Waals surface area contributed by atoms with Crippen molar-refractivity contribution in [2.75, 3.05) is 0 Å². The number of hydrogen-bond acceptors (Lipinski definition) is 4. The third kappa shape index (κ3) is 3.78. The van der Waals surface area contributed by atoms with Gasteiger partial charge in [0.1, 0.15) is 18.0 Å². The number of Topliss-reactive ketones (excluding diaryl/α,β-unsaturated/α-hetero) is 1. The average Bonchev–Trinajstić information content (AvgIpc) is 3.05. The molecule has 3 rings (SSSR count). The molecule has 1 unspecified atom stereocenters. The molecule has 0 radical (unpaired) electrons. The fourth-order valence-corrected chi connectivity index (χ4v) is 3.42. The number of nitrogens with zero attached hydrogens (tertiary/aromatic N) is 3. The largest absolute Gasteiger partial charge is 0.293 e. The molecule has 1 heterocycles. The van der Waals surface area contributed by atoms with Gasteiger partial charge in [0.25, 0.3) is 0 Å². The summed E-state index contributed by atoms with van der Waals surface area (Å²) < 4.78 is 28.6. The summed E-state index contributed by atoms with van der Waals surface area (Å²) in [6, 6.07) is 8.41. The summed E-state index contributed by atoms with van der Waals surface area (Å²) in [6.45, 7) is 3.53. The Morgan fingerprint density at radius 1 is 1.23 bits per heavy atom. The molecule has 0 bridgehead atoms. The molecule has 8 heteroatoms. The molecule has 1 aromatic heterocycles. The van der Waals surface area contributed by atoms with E-state index in [4.69, 9.17) is 11.6 Å². The summed E-state index contributed by atoms with van der Waals surface area (Å²) in [6.07, 6.45) is 1.51. The van der Waals surface area contributed by atoms with Crippen LogP contribution in [0.5, 0.6) is 0 Å². The first-order valence-electron chi connectivity index (χ1n) is 7.69. The molecule has 1 atom stereocenters. The van der Waals surface area contributed by atoms with Crippen molar-refractivity contribution in [2.24, 2.45) is 0 Å². The summed E-state index contributed by atoms with van der Waals surface area (Å²) in [5.74, 6) is -2.06. The van der Waals surface area contributed by atoms with Crippen LogP contribution in [0.25, 0.3) is 5.69 Å². The van der Waals surface area contributed by atoms with Gasteiger partial charge in [0.05, 0.1) is 16.5 Å². The van der Waals surface area contributed by atoms with E-state index in [1.165, 1.54) is 6.33 Å². The molecule has 0 spiro atoms. The van der Waals surface area contributed by atoms with Crippen molar-refractivity contribution in [1.29, 1.82) is 0 Å². The Balaban J connectivity index is 1.84. The molecule has 4 nitrogen and oxygen atoms in total. The van der Waals surface area contributed by atoms with Crippen LogP contribution in [-0.4, -0.2) is 25.8 Å². The topological polar surface area (TPSA) is 47.8 Å². The van der Waals surface area contributed by atoms with Gasteiger partial charge in [-0.1, -0.05) is 29.4 Å². The Morgan fingerprint density at radius 2 is 2.00 bits per heavy atom. The maximum absolute atomic E-state index is 13.8. The quantitative estimate of drug-likeness (QED) is 0.458. The molecule has 0 saturated heterocycles. The van der Waals surface area contributed by atoms with Gasteiger partial charge in [-0.15, -0.1) is 10.2 Å². The number of aryl methyl sites for hydroxylation is 1. The van der Waals surface area contributed by atoms with Crippen molar-refractivity contribution < 1.29 is 13.6 Å². The highest BCUT2D eigenvalue weighted by Gasteiger charge is 2.22. The number of benzene rings is 2. The van der Waals surface area contributed by atoms with E-state index in [1.54, 1.807) is 17.6 Å². The van der Waals surface area contributed by atoms with Crippen LogP contribution in [0, 0.1) is 18.6 Å². The minimum Gasteiger partial charge on any atom is -0.293 e. The number of halogens is 3. The smallest absolute Gasteiger partial charge is 0.196 e. The highest BCUT2D eigenvalue weighted by Crippen LogP contribution is 2.28. The van der Waals surface area contributed by atoms with E-state index in [0.29, 0.717) is 16.2 Å². The summed E-state index contributed by atoms with van der Waals surface area (Å²) >= 11 is 7.30. The van der Waals surface area contributed by atoms with E-state index >= 15 is 0 Å². The zero-order valence-corrected chi connectivity index (χ0v) is 15.5. The standard InChI is InChI=1S/C18H14ClF2N3OS/c1-10-3-5-13(8-15(10)19)24-9-22-23-18(24)26-11(2)17(25)14-6-4-12(20)7-16(14)21/h3-9,11H,1-2H3. The second-order valence-corrected chi connectivity index (χ2v) is 7.38. The zero-order valence-electron chi connectivity index (χ0n) is 13.9. The lowest BCUT2D eigenvalue weighted by Crippen LogP contribution is -2.16. The fraction of sp³-hybridized carbons (Fsp3) is 0.167. The van der Waals surface area contributed by atoms with Crippen LogP contribution in [0.4, 0.5) is 8.78 Å². The van der Waals surface area contributed by atoms with E-state index in [1.807, 2.05) is 19.1 Å². The van der Waals surface area contributed by atoms with Crippen molar-refractivity contribution in [3.8, 4) is 5.69 Å². The van der Waals surface area contributed by atoms with E-state index < -0.39 is 22.7 Å². The Labute approximate surface area is 158 Å². The van der Waals surface area contributed by atoms with Crippen LogP contribution < -0.4 is 0 Å². The summed E-state index contributed by atoms with van der Waals surface area (Å²) in [7, 11) is 0. The van der Waals surface area contributed by atoms with Gasteiger partial charge in [-0.3, -0.25) is 9.36 Å². The van der Waals surface area contributed by atoms with Gasteiger partial charge >= 0.3 is 0 Å². The van der Waals surface area contributed by atoms with Crippen molar-refractivity contribution >= 4 is 29.1 Å². The summed E-state index contributed by atoms with van der Waals surface area (Å²) in [4.78, 5) is 12.5. The van der Waals surface area contributed by atoms with Crippen LogP contribution in [0.1, 0.15) is 22.8 Å². The Morgan fingerprint density at radius 3 is 2.69 bits per heavy atom. The lowest BCUT2D eigenvalue weighted by molar-refractivity contribution is 0.0990. The molecular weight excluding hydrogens is 380 g/mol. The van der Waals surface area contributed by atoms with Gasteiger partial charge in [0.2, 0.25) is 0 Å². The number of ketones is 1. The molecule has 0 aliphatic carbocycles. The third-order valence-corrected chi connectivity index (χ3v) is 5.26. The molecule has 0 N–H and O–H groups in total. The number of carbonyl (C=O) groups is 1. The van der Waals surface area contributed by atoms with Crippen molar-refractivity contribution in [2.45, 2.75) is 24.3 Å². The number of carbonyl (C=O) groups excluding carboxylic acids is 1. The van der Waals surface area contributed by atoms with Crippen LogP contribution in [0.3, 0.4) is 0 Å². The SMILES string of the molecule is Cc1ccc(-n2cnnc2SC(C)C(=O)c2ccc(F)cc2F)cc1Cl. The van der Waals surface area contributed by atoms with Gasteiger partial charge in [0.15, 0.2) is 10.9 Å². The first-order valence-corrected chi connectivity index (χ1v) is 8.95. The van der Waals surface area contributed by atoms with Crippen molar-refractivity contribution in [3.63, 3.8) is 0 Å². The monoisotopic (exact) mass is 393 g/mol. The number of rotatable bonds is 5. The van der Waals surface area contributed by atoms with Crippen LogP contribution in [0.2, 0.25) is 5.02 Å². The minimum atomic E-state index is -0.880. The van der Waals surface area contributed by atoms with Crippen molar-refractivity contribution in [1.82, 2.24) is 14.8 Å². The predicted molar refractivity (Wildman–Crippen MR) is 97.1 cm³/mol. The minimum absolute atomic E-state index is 0.157. The maximum Gasteiger partial charge on any atom is 0.196 e. The normalized spacial score (nSPS) is 12.2. The number of aromatic nitrogens is 3. The highest BCUT2D eigenvalue weighted by molar-refractivity contribution is 8.00. The second kappa shape index (κ2) is 7.55. The Bertz CT molecular complexity index is 977. The lowest BCUT2D eigenvalue weighted by atomic mass is 10.1. The molecule has 26 heavy (non-hydrogen) atoms. The molecule has 3 aromatic rings. The molecule has 0 fully saturated rings. The zero-order chi connectivity index (χ0) is 18.8. The number of thioether (sulfide) groups is 1. The maximum atomic E-state index is 13.8. The Kier molecular flexibility index (Phi) is 5.38. The highest BCUT2D eigenvalue weighted by atomic mass is 35.5. The average molecular weight is 394 g/mol. The van der Waals surface area contributed by atoms with Gasteiger partial charge < -0.3 is 0 Å². The number of hydrogen-bond donors (Lipinski definition) is 0. The van der Waals surface area contributed by atoms with E-state index in [2.05, 4.69) is 10.2 Å². The third-order valence-electron chi connectivity index (χ3n) is 3.80. The van der Waals surface area contributed by atoms with Crippen LogP contribution in [-0.2, 0) is 0 Å². The first kappa shape index (κ1) is 18.5. The molecule has 0 aliphatic heterocycles. The predicted octanol–water partition coefficient (Wildman–Crippen LogP) is 4.87. The van der Waals surface area contributed by atoms with Gasteiger partial charge in [-0.25, -0.2) is 8.78 Å². The van der Waals surface area contributed by atoms with Crippen LogP contribution in [0.15, 0.2) is 47.9 Å². The molecule has 0 saturated carbocycles. The molecule has 0 aliphatic rings. The van der Waals surface area contributed by atoms with Gasteiger partial charge in [0, 0.05) is 11.1 Å². The Hall–Kier alpha value is -2.25. The van der Waals surface area contributed by atoms with Crippen molar-refractivity contribution in [3.05, 3.63) is 70.5 Å². The molecular formula is C18H14ClF2N3OS. The molecule has 2 aromatic carbocycles. The molecule has 134 valence electrons. The first-order chi connectivity index (χ1) is 12.4. The van der Waals surface area contributed by atoms with E-state index in [0.717, 1.165) is 35.1 Å². The van der Waals surface area contributed by atoms with Gasteiger partial charge in [-0.05, 0) is 43.7 Å².